The summed E-state index contributed by atoms with van der Waals surface area (Å²) in [5.74, 6) is 1.61. The van der Waals surface area contributed by atoms with Crippen LogP contribution in [0.25, 0.3) is 27.7 Å². The standard InChI is InChI=1S/C25H23N5O2/c31-24(19-4-5-19)29-14-16(15-29)12-23-27-28-25(32)30(23)21-9-7-17(8-10-21)20-6-3-18-2-1-11-26-22(18)13-20/h1-3,6-11,13,16,19H,4-5,12,14-15H2,(H,28,32). The number of aromatic amines is 1. The molecule has 1 aliphatic heterocycles. The number of nitrogens with one attached hydrogen (secondary N) is 1. The van der Waals surface area contributed by atoms with Crippen LogP contribution in [0.3, 0.4) is 0 Å². The second-order valence-corrected chi connectivity index (χ2v) is 8.83. The van der Waals surface area contributed by atoms with Crippen molar-refractivity contribution < 1.29 is 4.79 Å². The summed E-state index contributed by atoms with van der Waals surface area (Å²) in [6, 6.07) is 18.1. The molecular weight excluding hydrogens is 402 g/mol. The monoisotopic (exact) mass is 425 g/mol. The number of likely N-dealkylation sites (tertiary alicyclic amines) is 1. The van der Waals surface area contributed by atoms with Crippen LogP contribution < -0.4 is 5.69 Å². The van der Waals surface area contributed by atoms with E-state index in [-0.39, 0.29) is 11.6 Å². The Labute approximate surface area is 184 Å². The molecule has 1 saturated carbocycles. The molecule has 3 heterocycles. The first-order chi connectivity index (χ1) is 15.7. The average Bonchev–Trinajstić information content (AvgIpc) is 3.58. The third kappa shape index (κ3) is 3.39. The van der Waals surface area contributed by atoms with Crippen molar-refractivity contribution in [3.05, 3.63) is 77.1 Å². The van der Waals surface area contributed by atoms with Crippen LogP contribution in [0.2, 0.25) is 0 Å². The number of hydrogen-bond donors (Lipinski definition) is 1. The molecular formula is C25H23N5O2. The lowest BCUT2D eigenvalue weighted by Crippen LogP contribution is -2.51. The Morgan fingerprint density at radius 3 is 2.59 bits per heavy atom. The van der Waals surface area contributed by atoms with Gasteiger partial charge < -0.3 is 4.90 Å². The van der Waals surface area contributed by atoms with Crippen molar-refractivity contribution in [3.63, 3.8) is 0 Å². The fraction of sp³-hybridized carbons (Fsp3) is 0.280. The van der Waals surface area contributed by atoms with Crippen molar-refractivity contribution in [2.75, 3.05) is 13.1 Å². The van der Waals surface area contributed by atoms with Gasteiger partial charge >= 0.3 is 5.69 Å². The number of H-pyrrole nitrogens is 1. The fourth-order valence-corrected chi connectivity index (χ4v) is 4.51. The first kappa shape index (κ1) is 19.0. The summed E-state index contributed by atoms with van der Waals surface area (Å²) in [5, 5.41) is 7.95. The van der Waals surface area contributed by atoms with Crippen LogP contribution in [0.15, 0.2) is 65.6 Å². The van der Waals surface area contributed by atoms with Crippen molar-refractivity contribution in [1.82, 2.24) is 24.6 Å². The molecule has 0 spiro atoms. The van der Waals surface area contributed by atoms with E-state index in [4.69, 9.17) is 0 Å². The van der Waals surface area contributed by atoms with E-state index in [0.29, 0.717) is 24.1 Å². The van der Waals surface area contributed by atoms with E-state index < -0.39 is 0 Å². The van der Waals surface area contributed by atoms with E-state index in [0.717, 1.165) is 53.6 Å². The molecule has 6 rings (SSSR count). The van der Waals surface area contributed by atoms with E-state index in [1.54, 1.807) is 10.8 Å². The van der Waals surface area contributed by atoms with Crippen LogP contribution >= 0.6 is 0 Å². The summed E-state index contributed by atoms with van der Waals surface area (Å²) in [4.78, 5) is 31.0. The fourth-order valence-electron chi connectivity index (χ4n) is 4.51. The SMILES string of the molecule is O=C(C1CC1)N1CC(Cc2n[nH]c(=O)n2-c2ccc(-c3ccc4cccnc4c3)cc2)C1. The molecule has 1 saturated heterocycles. The summed E-state index contributed by atoms with van der Waals surface area (Å²) in [7, 11) is 0. The molecule has 7 nitrogen and oxygen atoms in total. The maximum atomic E-state index is 12.5. The number of rotatable bonds is 5. The maximum Gasteiger partial charge on any atom is 0.347 e. The molecule has 0 unspecified atom stereocenters. The molecule has 0 atom stereocenters. The molecule has 1 amide bonds. The highest BCUT2D eigenvalue weighted by molar-refractivity contribution is 5.84. The number of pyridine rings is 1. The number of nitrogens with zero attached hydrogens (tertiary/aromatic N) is 4. The Kier molecular flexibility index (Phi) is 4.41. The lowest BCUT2D eigenvalue weighted by molar-refractivity contribution is -0.138. The molecule has 2 aromatic heterocycles. The highest BCUT2D eigenvalue weighted by Crippen LogP contribution is 2.34. The minimum atomic E-state index is -0.243. The van der Waals surface area contributed by atoms with Gasteiger partial charge in [0.15, 0.2) is 0 Å². The molecule has 0 bridgehead atoms. The Morgan fingerprint density at radius 2 is 1.81 bits per heavy atom. The molecule has 2 fully saturated rings. The number of carbonyl (C=O) groups is 1. The van der Waals surface area contributed by atoms with Crippen LogP contribution in [0.4, 0.5) is 0 Å². The van der Waals surface area contributed by atoms with Crippen LogP contribution in [-0.2, 0) is 11.2 Å². The number of aromatic nitrogens is 4. The summed E-state index contributed by atoms with van der Waals surface area (Å²) < 4.78 is 1.64. The van der Waals surface area contributed by atoms with Gasteiger partial charge in [-0.25, -0.2) is 14.5 Å². The van der Waals surface area contributed by atoms with E-state index in [1.807, 2.05) is 41.3 Å². The van der Waals surface area contributed by atoms with E-state index in [2.05, 4.69) is 33.4 Å². The van der Waals surface area contributed by atoms with E-state index in [9.17, 15) is 9.59 Å². The van der Waals surface area contributed by atoms with Crippen molar-refractivity contribution in [2.24, 2.45) is 11.8 Å². The van der Waals surface area contributed by atoms with Crippen LogP contribution in [0.1, 0.15) is 18.7 Å². The van der Waals surface area contributed by atoms with Gasteiger partial charge in [-0.3, -0.25) is 9.78 Å². The number of benzene rings is 2. The van der Waals surface area contributed by atoms with Gasteiger partial charge in [0.2, 0.25) is 5.91 Å². The third-order valence-corrected chi connectivity index (χ3v) is 6.47. The predicted octanol–water partition coefficient (Wildman–Crippen LogP) is 3.19. The molecule has 7 heteroatoms. The van der Waals surface area contributed by atoms with Gasteiger partial charge in [-0.2, -0.15) is 5.10 Å². The van der Waals surface area contributed by atoms with Gasteiger partial charge in [-0.05, 0) is 48.2 Å². The minimum Gasteiger partial charge on any atom is -0.342 e. The first-order valence-corrected chi connectivity index (χ1v) is 11.1. The zero-order valence-corrected chi connectivity index (χ0v) is 17.6. The Hall–Kier alpha value is -3.74. The average molecular weight is 425 g/mol. The molecule has 32 heavy (non-hydrogen) atoms. The van der Waals surface area contributed by atoms with Gasteiger partial charge in [-0.15, -0.1) is 0 Å². The third-order valence-electron chi connectivity index (χ3n) is 6.47. The smallest absolute Gasteiger partial charge is 0.342 e. The number of hydrogen-bond acceptors (Lipinski definition) is 4. The minimum absolute atomic E-state index is 0.243. The van der Waals surface area contributed by atoms with Crippen molar-refractivity contribution in [2.45, 2.75) is 19.3 Å². The van der Waals surface area contributed by atoms with Gasteiger partial charge in [-0.1, -0.05) is 30.3 Å². The lowest BCUT2D eigenvalue weighted by Gasteiger charge is -2.39. The van der Waals surface area contributed by atoms with Crippen LogP contribution in [-0.4, -0.2) is 43.6 Å². The van der Waals surface area contributed by atoms with Crippen molar-refractivity contribution in [1.29, 1.82) is 0 Å². The second-order valence-electron chi connectivity index (χ2n) is 8.83. The summed E-state index contributed by atoms with van der Waals surface area (Å²) in [6.45, 7) is 1.51. The zero-order chi connectivity index (χ0) is 21.7. The molecule has 2 aliphatic rings. The van der Waals surface area contributed by atoms with Gasteiger partial charge in [0, 0.05) is 42.9 Å². The Bertz CT molecular complexity index is 1360. The van der Waals surface area contributed by atoms with Crippen LogP contribution in [0, 0.1) is 11.8 Å². The molecule has 1 N–H and O–H groups in total. The van der Waals surface area contributed by atoms with Crippen molar-refractivity contribution in [3.8, 4) is 16.8 Å². The van der Waals surface area contributed by atoms with Crippen LogP contribution in [0.5, 0.6) is 0 Å². The Balaban J connectivity index is 1.21. The predicted molar refractivity (Wildman–Crippen MR) is 121 cm³/mol. The lowest BCUT2D eigenvalue weighted by atomic mass is 9.95. The van der Waals surface area contributed by atoms with E-state index in [1.165, 1.54) is 0 Å². The van der Waals surface area contributed by atoms with Gasteiger partial charge in [0.05, 0.1) is 11.2 Å². The van der Waals surface area contributed by atoms with Crippen molar-refractivity contribution >= 4 is 16.8 Å². The molecule has 1 aliphatic carbocycles. The normalized spacial score (nSPS) is 16.3. The number of amides is 1. The van der Waals surface area contributed by atoms with Gasteiger partial charge in [0.1, 0.15) is 5.82 Å². The Morgan fingerprint density at radius 1 is 1.03 bits per heavy atom. The summed E-state index contributed by atoms with van der Waals surface area (Å²) in [6.07, 6.45) is 4.53. The molecule has 4 aromatic rings. The zero-order valence-electron chi connectivity index (χ0n) is 17.6. The summed E-state index contributed by atoms with van der Waals surface area (Å²) in [5.41, 5.74) is 3.64. The molecule has 2 aromatic carbocycles. The highest BCUT2D eigenvalue weighted by atomic mass is 16.2. The quantitative estimate of drug-likeness (QED) is 0.532. The van der Waals surface area contributed by atoms with E-state index >= 15 is 0 Å². The number of carbonyl (C=O) groups excluding carboxylic acids is 1. The molecule has 160 valence electrons. The summed E-state index contributed by atoms with van der Waals surface area (Å²) >= 11 is 0. The first-order valence-electron chi connectivity index (χ1n) is 11.1. The largest absolute Gasteiger partial charge is 0.347 e. The number of fused-ring (bicyclic) bond motifs is 1. The topological polar surface area (TPSA) is 83.9 Å². The molecule has 0 radical (unpaired) electrons. The highest BCUT2D eigenvalue weighted by Gasteiger charge is 2.39. The van der Waals surface area contributed by atoms with Gasteiger partial charge in [0.25, 0.3) is 0 Å². The second kappa shape index (κ2) is 7.44. The maximum absolute atomic E-state index is 12.5.